The van der Waals surface area contributed by atoms with E-state index in [-0.39, 0.29) is 10.0 Å². The first-order chi connectivity index (χ1) is 7.63. The van der Waals surface area contributed by atoms with E-state index in [9.17, 15) is 21.6 Å². The summed E-state index contributed by atoms with van der Waals surface area (Å²) in [6, 6.07) is 1.96. The molecule has 1 heterocycles. The molecule has 0 unspecified atom stereocenters. The van der Waals surface area contributed by atoms with Crippen molar-refractivity contribution >= 4 is 41.9 Å². The fourth-order valence-corrected chi connectivity index (χ4v) is 4.27. The highest BCUT2D eigenvalue weighted by atomic mass is 79.9. The molecule has 0 saturated carbocycles. The van der Waals surface area contributed by atoms with E-state index in [1.54, 1.807) is 4.72 Å². The van der Waals surface area contributed by atoms with Crippen LogP contribution < -0.4 is 9.86 Å². The molecule has 1 aromatic carbocycles. The van der Waals surface area contributed by atoms with Crippen molar-refractivity contribution in [3.05, 3.63) is 22.2 Å². The average Bonchev–Trinajstić information content (AvgIpc) is 2.34. The molecule has 10 heteroatoms. The molecular formula is C7H5BrN2O5S2. The summed E-state index contributed by atoms with van der Waals surface area (Å²) in [4.78, 5) is 10.5. The van der Waals surface area contributed by atoms with Crippen LogP contribution in [0.15, 0.2) is 26.4 Å². The van der Waals surface area contributed by atoms with Gasteiger partial charge in [0.25, 0.3) is 15.9 Å². The lowest BCUT2D eigenvalue weighted by molar-refractivity contribution is 0.0985. The Balaban J connectivity index is 2.88. The molecule has 1 aliphatic rings. The molecule has 92 valence electrons. The Labute approximate surface area is 105 Å². The van der Waals surface area contributed by atoms with Crippen LogP contribution in [-0.4, -0.2) is 22.7 Å². The topological polar surface area (TPSA) is 123 Å². The van der Waals surface area contributed by atoms with Crippen molar-refractivity contribution in [1.29, 1.82) is 0 Å². The summed E-state index contributed by atoms with van der Waals surface area (Å²) in [5.74, 6) is -0.804. The molecule has 0 spiro atoms. The lowest BCUT2D eigenvalue weighted by Crippen LogP contribution is -2.20. The van der Waals surface area contributed by atoms with Crippen LogP contribution in [-0.2, 0) is 20.0 Å². The van der Waals surface area contributed by atoms with Gasteiger partial charge in [-0.3, -0.25) is 4.79 Å². The molecule has 0 aliphatic carbocycles. The second-order valence-corrected chi connectivity index (χ2v) is 7.29. The van der Waals surface area contributed by atoms with Gasteiger partial charge in [-0.2, -0.15) is 0 Å². The van der Waals surface area contributed by atoms with Crippen LogP contribution in [0.25, 0.3) is 0 Å². The van der Waals surface area contributed by atoms with Crippen molar-refractivity contribution in [1.82, 2.24) is 4.72 Å². The number of fused-ring (bicyclic) bond motifs is 1. The molecule has 1 aromatic rings. The number of sulfonamides is 2. The van der Waals surface area contributed by atoms with E-state index < -0.39 is 35.7 Å². The van der Waals surface area contributed by atoms with Crippen LogP contribution >= 0.6 is 15.9 Å². The molecule has 0 saturated heterocycles. The predicted octanol–water partition coefficient (Wildman–Crippen LogP) is -0.471. The first-order valence-electron chi connectivity index (χ1n) is 4.06. The SMILES string of the molecule is NS(=O)(=O)c1cc2c(cc1Br)C(=O)NS2(=O)=O. The van der Waals surface area contributed by atoms with Crippen LogP contribution in [0.2, 0.25) is 0 Å². The molecule has 0 bridgehead atoms. The number of carbonyl (C=O) groups excluding carboxylic acids is 1. The van der Waals surface area contributed by atoms with Crippen LogP contribution in [0.4, 0.5) is 0 Å². The highest BCUT2D eigenvalue weighted by Gasteiger charge is 2.34. The minimum atomic E-state index is -4.07. The molecule has 3 N–H and O–H groups in total. The number of nitrogens with two attached hydrogens (primary N) is 1. The van der Waals surface area contributed by atoms with E-state index in [2.05, 4.69) is 15.9 Å². The number of hydrogen-bond donors (Lipinski definition) is 2. The first-order valence-corrected chi connectivity index (χ1v) is 7.89. The zero-order valence-corrected chi connectivity index (χ0v) is 11.2. The van der Waals surface area contributed by atoms with Crippen molar-refractivity contribution in [3.63, 3.8) is 0 Å². The number of rotatable bonds is 1. The quantitative estimate of drug-likeness (QED) is 0.715. The summed E-state index contributed by atoms with van der Waals surface area (Å²) in [5.41, 5.74) is -0.121. The van der Waals surface area contributed by atoms with Gasteiger partial charge in [0, 0.05) is 4.47 Å². The largest absolute Gasteiger partial charge is 0.268 e. The predicted molar refractivity (Wildman–Crippen MR) is 60.2 cm³/mol. The number of halogens is 1. The Hall–Kier alpha value is -0.970. The Kier molecular flexibility index (Phi) is 2.58. The second-order valence-electron chi connectivity index (χ2n) is 3.26. The molecule has 7 nitrogen and oxygen atoms in total. The van der Waals surface area contributed by atoms with E-state index in [1.807, 2.05) is 0 Å². The number of benzene rings is 1. The van der Waals surface area contributed by atoms with Gasteiger partial charge in [0.1, 0.15) is 4.90 Å². The second kappa shape index (κ2) is 3.51. The van der Waals surface area contributed by atoms with Gasteiger partial charge in [0.05, 0.1) is 10.5 Å². The van der Waals surface area contributed by atoms with Crippen LogP contribution in [0.5, 0.6) is 0 Å². The number of carbonyl (C=O) groups is 1. The highest BCUT2D eigenvalue weighted by molar-refractivity contribution is 9.10. The number of nitrogens with one attached hydrogen (secondary N) is 1. The van der Waals surface area contributed by atoms with Gasteiger partial charge in [-0.25, -0.2) is 26.7 Å². The monoisotopic (exact) mass is 340 g/mol. The molecule has 0 aromatic heterocycles. The number of primary sulfonamides is 1. The summed E-state index contributed by atoms with van der Waals surface area (Å²) in [6.07, 6.45) is 0. The minimum Gasteiger partial charge on any atom is -0.268 e. The molecule has 17 heavy (non-hydrogen) atoms. The Morgan fingerprint density at radius 1 is 1.29 bits per heavy atom. The van der Waals surface area contributed by atoms with E-state index in [4.69, 9.17) is 5.14 Å². The van der Waals surface area contributed by atoms with Crippen molar-refractivity contribution < 1.29 is 21.6 Å². The fraction of sp³-hybridized carbons (Fsp3) is 0. The summed E-state index contributed by atoms with van der Waals surface area (Å²) in [7, 11) is -8.07. The average molecular weight is 341 g/mol. The fourth-order valence-electron chi connectivity index (χ4n) is 1.38. The van der Waals surface area contributed by atoms with Gasteiger partial charge >= 0.3 is 0 Å². The molecule has 0 atom stereocenters. The molecule has 1 aliphatic heterocycles. The standard InChI is InChI=1S/C7H5BrN2O5S2/c8-4-1-3-5(2-6(4)16(9,12)13)17(14,15)10-7(3)11/h1-2H,(H,10,11)(H2,9,12,13). The zero-order chi connectivity index (χ0) is 13.0. The summed E-state index contributed by atoms with van der Waals surface area (Å²) >= 11 is 2.92. The van der Waals surface area contributed by atoms with Gasteiger partial charge in [0.15, 0.2) is 0 Å². The van der Waals surface area contributed by atoms with E-state index in [0.29, 0.717) is 0 Å². The van der Waals surface area contributed by atoms with E-state index in [1.165, 1.54) is 0 Å². The third-order valence-corrected chi connectivity index (χ3v) is 5.34. The maximum Gasteiger partial charge on any atom is 0.266 e. The maximum absolute atomic E-state index is 11.5. The number of amides is 1. The van der Waals surface area contributed by atoms with Crippen LogP contribution in [0.3, 0.4) is 0 Å². The summed E-state index contributed by atoms with van der Waals surface area (Å²) in [6.45, 7) is 0. The normalized spacial score (nSPS) is 17.6. The van der Waals surface area contributed by atoms with Gasteiger partial charge in [-0.15, -0.1) is 0 Å². The Morgan fingerprint density at radius 2 is 1.88 bits per heavy atom. The Morgan fingerprint density at radius 3 is 2.41 bits per heavy atom. The maximum atomic E-state index is 11.5. The zero-order valence-electron chi connectivity index (χ0n) is 7.97. The lowest BCUT2D eigenvalue weighted by Gasteiger charge is -2.03. The minimum absolute atomic E-state index is 0.0333. The Bertz CT molecular complexity index is 738. The highest BCUT2D eigenvalue weighted by Crippen LogP contribution is 2.30. The molecule has 2 rings (SSSR count). The number of hydrogen-bond acceptors (Lipinski definition) is 5. The van der Waals surface area contributed by atoms with E-state index in [0.717, 1.165) is 12.1 Å². The van der Waals surface area contributed by atoms with Gasteiger partial charge < -0.3 is 0 Å². The molecule has 0 fully saturated rings. The smallest absolute Gasteiger partial charge is 0.266 e. The molecule has 0 radical (unpaired) electrons. The van der Waals surface area contributed by atoms with Crippen molar-refractivity contribution in [2.24, 2.45) is 5.14 Å². The van der Waals surface area contributed by atoms with Crippen molar-refractivity contribution in [2.75, 3.05) is 0 Å². The van der Waals surface area contributed by atoms with E-state index >= 15 is 0 Å². The molecule has 1 amide bonds. The lowest BCUT2D eigenvalue weighted by atomic mass is 10.2. The molecular weight excluding hydrogens is 336 g/mol. The van der Waals surface area contributed by atoms with Crippen molar-refractivity contribution in [2.45, 2.75) is 9.79 Å². The van der Waals surface area contributed by atoms with Gasteiger partial charge in [-0.05, 0) is 28.1 Å². The third-order valence-electron chi connectivity index (χ3n) is 2.10. The van der Waals surface area contributed by atoms with Crippen molar-refractivity contribution in [3.8, 4) is 0 Å². The van der Waals surface area contributed by atoms with Gasteiger partial charge in [0.2, 0.25) is 10.0 Å². The summed E-state index contributed by atoms with van der Waals surface area (Å²) < 4.78 is 47.1. The first kappa shape index (κ1) is 12.5. The van der Waals surface area contributed by atoms with Gasteiger partial charge in [-0.1, -0.05) is 0 Å². The van der Waals surface area contributed by atoms with Crippen LogP contribution in [0, 0.1) is 0 Å². The van der Waals surface area contributed by atoms with Crippen LogP contribution in [0.1, 0.15) is 10.4 Å². The third kappa shape index (κ3) is 1.97. The summed E-state index contributed by atoms with van der Waals surface area (Å²) in [5, 5.41) is 4.92.